The lowest BCUT2D eigenvalue weighted by atomic mass is 10.2. The van der Waals surface area contributed by atoms with Crippen LogP contribution in [0.3, 0.4) is 0 Å². The Morgan fingerprint density at radius 3 is 2.58 bits per heavy atom. The summed E-state index contributed by atoms with van der Waals surface area (Å²) in [5, 5.41) is 4.40. The number of ether oxygens (including phenoxy) is 2. The molecule has 2 rings (SSSR count). The average Bonchev–Trinajstić information content (AvgIpc) is 2.55. The van der Waals surface area contributed by atoms with Gasteiger partial charge < -0.3 is 9.47 Å². The van der Waals surface area contributed by atoms with Crippen LogP contribution >= 0.6 is 11.6 Å². The van der Waals surface area contributed by atoms with Gasteiger partial charge >= 0.3 is 5.97 Å². The molecule has 0 spiro atoms. The third kappa shape index (κ3) is 5.73. The van der Waals surface area contributed by atoms with Gasteiger partial charge in [-0.1, -0.05) is 23.7 Å². The quantitative estimate of drug-likeness (QED) is 0.377. The van der Waals surface area contributed by atoms with Crippen molar-refractivity contribution in [3.8, 4) is 11.5 Å². The van der Waals surface area contributed by atoms with Crippen molar-refractivity contribution in [2.75, 3.05) is 6.61 Å². The number of amides is 1. The van der Waals surface area contributed by atoms with Gasteiger partial charge in [-0.05, 0) is 36.4 Å². The zero-order valence-electron chi connectivity index (χ0n) is 12.9. The molecule has 0 saturated carbocycles. The molecule has 124 valence electrons. The Labute approximate surface area is 144 Å². The van der Waals surface area contributed by atoms with Gasteiger partial charge in [-0.2, -0.15) is 5.10 Å². The third-order valence-corrected chi connectivity index (χ3v) is 3.00. The summed E-state index contributed by atoms with van der Waals surface area (Å²) in [6, 6.07) is 13.5. The standard InChI is InChI=1S/C17H15ClN2O4/c1-12(21)24-16-5-3-2-4-13(16)10-19-20-17(22)11-23-15-8-6-14(18)7-9-15/h2-10H,11H2,1H3,(H,20,22)/b19-10+. The first kappa shape index (κ1) is 17.5. The van der Waals surface area contributed by atoms with Gasteiger partial charge in [-0.15, -0.1) is 0 Å². The maximum Gasteiger partial charge on any atom is 0.308 e. The normalized spacial score (nSPS) is 10.4. The molecule has 0 radical (unpaired) electrons. The van der Waals surface area contributed by atoms with Crippen LogP contribution in [0.5, 0.6) is 11.5 Å². The first-order valence-corrected chi connectivity index (χ1v) is 7.40. The number of nitrogens with zero attached hydrogens (tertiary/aromatic N) is 1. The van der Waals surface area contributed by atoms with Gasteiger partial charge in [0, 0.05) is 17.5 Å². The fourth-order valence-corrected chi connectivity index (χ4v) is 1.85. The molecule has 0 aliphatic heterocycles. The minimum Gasteiger partial charge on any atom is -0.484 e. The summed E-state index contributed by atoms with van der Waals surface area (Å²) in [4.78, 5) is 22.7. The van der Waals surface area contributed by atoms with Gasteiger partial charge in [0.1, 0.15) is 11.5 Å². The van der Waals surface area contributed by atoms with Crippen molar-refractivity contribution >= 4 is 29.7 Å². The molecule has 7 heteroatoms. The lowest BCUT2D eigenvalue weighted by Crippen LogP contribution is -2.24. The summed E-state index contributed by atoms with van der Waals surface area (Å²) in [6.45, 7) is 1.12. The molecule has 2 aromatic carbocycles. The van der Waals surface area contributed by atoms with Gasteiger partial charge in [0.25, 0.3) is 5.91 Å². The van der Waals surface area contributed by atoms with Crippen LogP contribution in [0.15, 0.2) is 53.6 Å². The third-order valence-electron chi connectivity index (χ3n) is 2.75. The Kier molecular flexibility index (Phi) is 6.33. The van der Waals surface area contributed by atoms with Gasteiger partial charge in [0.15, 0.2) is 6.61 Å². The monoisotopic (exact) mass is 346 g/mol. The predicted molar refractivity (Wildman–Crippen MR) is 90.4 cm³/mol. The number of benzene rings is 2. The number of carbonyl (C=O) groups excluding carboxylic acids is 2. The maximum absolute atomic E-state index is 11.7. The van der Waals surface area contributed by atoms with E-state index in [1.165, 1.54) is 13.1 Å². The lowest BCUT2D eigenvalue weighted by molar-refractivity contribution is -0.132. The second kappa shape index (κ2) is 8.69. The predicted octanol–water partition coefficient (Wildman–Crippen LogP) is 2.79. The van der Waals surface area contributed by atoms with Crippen LogP contribution in [0.2, 0.25) is 5.02 Å². The maximum atomic E-state index is 11.7. The molecule has 0 aromatic heterocycles. The van der Waals surface area contributed by atoms with E-state index < -0.39 is 11.9 Å². The second-order valence-corrected chi connectivity index (χ2v) is 5.10. The number of esters is 1. The van der Waals surface area contributed by atoms with E-state index in [1.807, 2.05) is 0 Å². The molecular weight excluding hydrogens is 332 g/mol. The van der Waals surface area contributed by atoms with E-state index in [-0.39, 0.29) is 6.61 Å². The van der Waals surface area contributed by atoms with Gasteiger partial charge in [-0.25, -0.2) is 5.43 Å². The summed E-state index contributed by atoms with van der Waals surface area (Å²) in [5.41, 5.74) is 2.89. The number of rotatable bonds is 6. The number of hydrazone groups is 1. The fraction of sp³-hybridized carbons (Fsp3) is 0.118. The van der Waals surface area contributed by atoms with Crippen LogP contribution in [-0.4, -0.2) is 24.7 Å². The summed E-state index contributed by atoms with van der Waals surface area (Å²) in [6.07, 6.45) is 1.39. The highest BCUT2D eigenvalue weighted by atomic mass is 35.5. The van der Waals surface area contributed by atoms with Gasteiger partial charge in [0.2, 0.25) is 0 Å². The van der Waals surface area contributed by atoms with Crippen molar-refractivity contribution in [2.45, 2.75) is 6.92 Å². The highest BCUT2D eigenvalue weighted by Gasteiger charge is 2.04. The van der Waals surface area contributed by atoms with E-state index in [2.05, 4.69) is 10.5 Å². The number of carbonyl (C=O) groups is 2. The first-order chi connectivity index (χ1) is 11.5. The first-order valence-electron chi connectivity index (χ1n) is 7.02. The van der Waals surface area contributed by atoms with Gasteiger partial charge in [0.05, 0.1) is 6.21 Å². The van der Waals surface area contributed by atoms with Crippen molar-refractivity contribution in [3.63, 3.8) is 0 Å². The summed E-state index contributed by atoms with van der Waals surface area (Å²) in [7, 11) is 0. The van der Waals surface area contributed by atoms with Crippen molar-refractivity contribution in [3.05, 3.63) is 59.1 Å². The Balaban J connectivity index is 1.86. The fourth-order valence-electron chi connectivity index (χ4n) is 1.72. The largest absolute Gasteiger partial charge is 0.484 e. The van der Waals surface area contributed by atoms with Crippen molar-refractivity contribution < 1.29 is 19.1 Å². The molecule has 0 aliphatic carbocycles. The highest BCUT2D eigenvalue weighted by molar-refractivity contribution is 6.30. The van der Waals surface area contributed by atoms with Crippen LogP contribution in [0.25, 0.3) is 0 Å². The minimum atomic E-state index is -0.434. The average molecular weight is 347 g/mol. The molecule has 2 aromatic rings. The molecule has 0 unspecified atom stereocenters. The van der Waals surface area contributed by atoms with E-state index in [9.17, 15) is 9.59 Å². The Bertz CT molecular complexity index is 745. The molecule has 1 N–H and O–H groups in total. The number of hydrogen-bond donors (Lipinski definition) is 1. The SMILES string of the molecule is CC(=O)Oc1ccccc1/C=N/NC(=O)COc1ccc(Cl)cc1. The summed E-state index contributed by atoms with van der Waals surface area (Å²) in [5.74, 6) is 0.0292. The van der Waals surface area contributed by atoms with Crippen LogP contribution < -0.4 is 14.9 Å². The van der Waals surface area contributed by atoms with E-state index in [4.69, 9.17) is 21.1 Å². The zero-order valence-corrected chi connectivity index (χ0v) is 13.6. The van der Waals surface area contributed by atoms with Crippen LogP contribution in [0.4, 0.5) is 0 Å². The van der Waals surface area contributed by atoms with Gasteiger partial charge in [-0.3, -0.25) is 9.59 Å². The van der Waals surface area contributed by atoms with Crippen molar-refractivity contribution in [2.24, 2.45) is 5.10 Å². The number of nitrogens with one attached hydrogen (secondary N) is 1. The minimum absolute atomic E-state index is 0.190. The summed E-state index contributed by atoms with van der Waals surface area (Å²) >= 11 is 5.76. The molecule has 0 heterocycles. The summed E-state index contributed by atoms with van der Waals surface area (Å²) < 4.78 is 10.3. The Morgan fingerprint density at radius 2 is 1.88 bits per heavy atom. The lowest BCUT2D eigenvalue weighted by Gasteiger charge is -2.06. The number of para-hydroxylation sites is 1. The molecule has 0 saturated heterocycles. The highest BCUT2D eigenvalue weighted by Crippen LogP contribution is 2.16. The van der Waals surface area contributed by atoms with E-state index in [0.29, 0.717) is 22.1 Å². The second-order valence-electron chi connectivity index (χ2n) is 4.67. The molecule has 0 aliphatic rings. The zero-order chi connectivity index (χ0) is 17.4. The number of hydrogen-bond acceptors (Lipinski definition) is 5. The molecule has 24 heavy (non-hydrogen) atoms. The number of halogens is 1. The molecule has 0 fully saturated rings. The Hall–Kier alpha value is -2.86. The molecule has 1 amide bonds. The Morgan fingerprint density at radius 1 is 1.17 bits per heavy atom. The van der Waals surface area contributed by atoms with E-state index in [0.717, 1.165) is 0 Å². The molecular formula is C17H15ClN2O4. The van der Waals surface area contributed by atoms with E-state index >= 15 is 0 Å². The van der Waals surface area contributed by atoms with Crippen molar-refractivity contribution in [1.82, 2.24) is 5.43 Å². The van der Waals surface area contributed by atoms with Crippen LogP contribution in [0, 0.1) is 0 Å². The van der Waals surface area contributed by atoms with Crippen molar-refractivity contribution in [1.29, 1.82) is 0 Å². The van der Waals surface area contributed by atoms with Crippen LogP contribution in [0.1, 0.15) is 12.5 Å². The topological polar surface area (TPSA) is 77.0 Å². The molecule has 0 bridgehead atoms. The van der Waals surface area contributed by atoms with Crippen LogP contribution in [-0.2, 0) is 9.59 Å². The molecule has 0 atom stereocenters. The molecule has 6 nitrogen and oxygen atoms in total. The van der Waals surface area contributed by atoms with E-state index in [1.54, 1.807) is 48.5 Å². The smallest absolute Gasteiger partial charge is 0.308 e.